The highest BCUT2D eigenvalue weighted by Crippen LogP contribution is 2.32. The fraction of sp³-hybridized carbons (Fsp3) is 0.286. The van der Waals surface area contributed by atoms with Crippen LogP contribution in [0.3, 0.4) is 0 Å². The lowest BCUT2D eigenvalue weighted by Gasteiger charge is -2.09. The molecule has 4 nitrogen and oxygen atoms in total. The number of primary sulfonamides is 1. The Morgan fingerprint density at radius 1 is 1.53 bits per heavy atom. The van der Waals surface area contributed by atoms with Crippen LogP contribution in [0.5, 0.6) is 0 Å². The van der Waals surface area contributed by atoms with Gasteiger partial charge in [0.2, 0.25) is 10.0 Å². The number of alkyl halides is 2. The van der Waals surface area contributed by atoms with Gasteiger partial charge in [0.1, 0.15) is 4.90 Å². The molecule has 1 rings (SSSR count). The van der Waals surface area contributed by atoms with Crippen LogP contribution in [-0.4, -0.2) is 13.4 Å². The zero-order valence-corrected chi connectivity index (χ0v) is 9.11. The molecule has 0 aromatic carbocycles. The van der Waals surface area contributed by atoms with Gasteiger partial charge in [-0.2, -0.15) is 0 Å². The first kappa shape index (κ1) is 12.3. The van der Waals surface area contributed by atoms with Crippen molar-refractivity contribution in [3.8, 4) is 0 Å². The van der Waals surface area contributed by atoms with Crippen LogP contribution in [0, 0.1) is 6.92 Å². The van der Waals surface area contributed by atoms with E-state index in [1.165, 1.54) is 6.92 Å². The van der Waals surface area contributed by atoms with Gasteiger partial charge in [0, 0.05) is 6.20 Å². The first-order valence-electron chi connectivity index (χ1n) is 3.71. The van der Waals surface area contributed by atoms with Crippen LogP contribution >= 0.6 is 11.6 Å². The SMILES string of the molecule is Cc1ncc(C(F)F)c(Cl)c1S(N)(=O)=O. The van der Waals surface area contributed by atoms with Crippen molar-refractivity contribution in [2.45, 2.75) is 18.2 Å². The molecule has 0 spiro atoms. The number of halogens is 3. The van der Waals surface area contributed by atoms with E-state index in [0.29, 0.717) is 0 Å². The predicted octanol–water partition coefficient (Wildman–Crippen LogP) is 1.63. The van der Waals surface area contributed by atoms with Gasteiger partial charge in [0.15, 0.2) is 0 Å². The van der Waals surface area contributed by atoms with Crippen LogP contribution in [0.25, 0.3) is 0 Å². The summed E-state index contributed by atoms with van der Waals surface area (Å²) < 4.78 is 46.9. The zero-order valence-electron chi connectivity index (χ0n) is 7.54. The Morgan fingerprint density at radius 3 is 2.47 bits per heavy atom. The molecule has 84 valence electrons. The Kier molecular flexibility index (Phi) is 3.27. The molecular weight excluding hydrogens is 250 g/mol. The lowest BCUT2D eigenvalue weighted by molar-refractivity contribution is 0.150. The topological polar surface area (TPSA) is 73.0 Å². The molecule has 0 aliphatic carbocycles. The first-order valence-corrected chi connectivity index (χ1v) is 5.63. The van der Waals surface area contributed by atoms with Gasteiger partial charge >= 0.3 is 0 Å². The maximum absolute atomic E-state index is 12.4. The van der Waals surface area contributed by atoms with Gasteiger partial charge in [-0.25, -0.2) is 22.3 Å². The lowest BCUT2D eigenvalue weighted by atomic mass is 10.2. The van der Waals surface area contributed by atoms with E-state index in [1.807, 2.05) is 0 Å². The number of hydrogen-bond acceptors (Lipinski definition) is 3. The van der Waals surface area contributed by atoms with Gasteiger partial charge in [0.25, 0.3) is 6.43 Å². The molecule has 0 saturated carbocycles. The molecule has 8 heteroatoms. The van der Waals surface area contributed by atoms with Crippen molar-refractivity contribution in [2.75, 3.05) is 0 Å². The summed E-state index contributed by atoms with van der Waals surface area (Å²) in [6.07, 6.45) is -2.07. The molecule has 0 atom stereocenters. The van der Waals surface area contributed by atoms with Crippen molar-refractivity contribution in [1.29, 1.82) is 0 Å². The van der Waals surface area contributed by atoms with Gasteiger partial charge in [0.05, 0.1) is 16.3 Å². The second kappa shape index (κ2) is 3.99. The maximum atomic E-state index is 12.4. The molecule has 0 amide bonds. The van der Waals surface area contributed by atoms with Crippen LogP contribution in [0.1, 0.15) is 17.7 Å². The third-order valence-electron chi connectivity index (χ3n) is 1.70. The number of pyridine rings is 1. The molecule has 1 heterocycles. The Labute approximate surface area is 90.1 Å². The minimum Gasteiger partial charge on any atom is -0.260 e. The molecule has 1 aromatic heterocycles. The van der Waals surface area contributed by atoms with Crippen LogP contribution in [0.4, 0.5) is 8.78 Å². The summed E-state index contributed by atoms with van der Waals surface area (Å²) >= 11 is 5.51. The van der Waals surface area contributed by atoms with Crippen LogP contribution in [0.2, 0.25) is 5.02 Å². The third kappa shape index (κ3) is 2.42. The second-order valence-corrected chi connectivity index (χ2v) is 4.66. The molecule has 2 N–H and O–H groups in total. The van der Waals surface area contributed by atoms with Gasteiger partial charge < -0.3 is 0 Å². The summed E-state index contributed by atoms with van der Waals surface area (Å²) in [5.74, 6) is 0. The number of sulfonamides is 1. The van der Waals surface area contributed by atoms with E-state index in [2.05, 4.69) is 4.98 Å². The zero-order chi connectivity index (χ0) is 11.8. The summed E-state index contributed by atoms with van der Waals surface area (Å²) in [7, 11) is -4.15. The summed E-state index contributed by atoms with van der Waals surface area (Å²) in [6, 6.07) is 0. The summed E-state index contributed by atoms with van der Waals surface area (Å²) in [6.45, 7) is 1.32. The summed E-state index contributed by atoms with van der Waals surface area (Å²) in [5.41, 5.74) is -0.654. The second-order valence-electron chi connectivity index (χ2n) is 2.79. The van der Waals surface area contributed by atoms with Crippen molar-refractivity contribution in [3.05, 3.63) is 22.5 Å². The van der Waals surface area contributed by atoms with Gasteiger partial charge in [-0.1, -0.05) is 11.6 Å². The number of aromatic nitrogens is 1. The molecule has 0 radical (unpaired) electrons. The highest BCUT2D eigenvalue weighted by atomic mass is 35.5. The molecule has 0 aliphatic rings. The minimum absolute atomic E-state index is 0.00750. The van der Waals surface area contributed by atoms with Gasteiger partial charge in [-0.15, -0.1) is 0 Å². The fourth-order valence-electron chi connectivity index (χ4n) is 1.05. The Morgan fingerprint density at radius 2 is 2.07 bits per heavy atom. The van der Waals surface area contributed by atoms with Crippen LogP contribution in [0.15, 0.2) is 11.1 Å². The normalized spacial score (nSPS) is 12.1. The standard InChI is InChI=1S/C7H7ClF2N2O2S/c1-3-6(15(11,13)14)5(8)4(2-12-3)7(9)10/h2,7H,1H3,(H2,11,13,14). The van der Waals surface area contributed by atoms with E-state index in [9.17, 15) is 17.2 Å². The Hall–Kier alpha value is -0.790. The largest absolute Gasteiger partial charge is 0.266 e. The monoisotopic (exact) mass is 256 g/mol. The maximum Gasteiger partial charge on any atom is 0.266 e. The highest BCUT2D eigenvalue weighted by molar-refractivity contribution is 7.89. The molecule has 0 unspecified atom stereocenters. The number of nitrogens with two attached hydrogens (primary N) is 1. The Balaban J connectivity index is 3.59. The molecule has 0 aliphatic heterocycles. The van der Waals surface area contributed by atoms with E-state index < -0.39 is 31.9 Å². The van der Waals surface area contributed by atoms with E-state index in [-0.39, 0.29) is 5.69 Å². The minimum atomic E-state index is -4.15. The number of hydrogen-bond donors (Lipinski definition) is 1. The van der Waals surface area contributed by atoms with Crippen LogP contribution in [-0.2, 0) is 10.0 Å². The van der Waals surface area contributed by atoms with Crippen molar-refractivity contribution in [1.82, 2.24) is 4.98 Å². The fourth-order valence-corrected chi connectivity index (χ4v) is 2.48. The molecule has 1 aromatic rings. The van der Waals surface area contributed by atoms with E-state index in [1.54, 1.807) is 0 Å². The lowest BCUT2D eigenvalue weighted by Crippen LogP contribution is -2.16. The van der Waals surface area contributed by atoms with E-state index in [4.69, 9.17) is 16.7 Å². The van der Waals surface area contributed by atoms with Crippen molar-refractivity contribution in [2.24, 2.45) is 5.14 Å². The van der Waals surface area contributed by atoms with Crippen molar-refractivity contribution in [3.63, 3.8) is 0 Å². The summed E-state index contributed by atoms with van der Waals surface area (Å²) in [5, 5.41) is 4.26. The molecule has 15 heavy (non-hydrogen) atoms. The quantitative estimate of drug-likeness (QED) is 0.874. The number of rotatable bonds is 2. The van der Waals surface area contributed by atoms with Gasteiger partial charge in [-0.3, -0.25) is 4.98 Å². The molecule has 0 saturated heterocycles. The van der Waals surface area contributed by atoms with Crippen molar-refractivity contribution >= 4 is 21.6 Å². The van der Waals surface area contributed by atoms with E-state index in [0.717, 1.165) is 6.20 Å². The first-order chi connectivity index (χ1) is 6.75. The average molecular weight is 257 g/mol. The average Bonchev–Trinajstić information content (AvgIpc) is 2.00. The van der Waals surface area contributed by atoms with Crippen molar-refractivity contribution < 1.29 is 17.2 Å². The van der Waals surface area contributed by atoms with E-state index >= 15 is 0 Å². The molecular formula is C7H7ClF2N2O2S. The third-order valence-corrected chi connectivity index (χ3v) is 3.29. The highest BCUT2D eigenvalue weighted by Gasteiger charge is 2.23. The van der Waals surface area contributed by atoms with Crippen LogP contribution < -0.4 is 5.14 Å². The number of nitrogens with zero attached hydrogens (tertiary/aromatic N) is 1. The summed E-state index contributed by atoms with van der Waals surface area (Å²) in [4.78, 5) is 2.95. The molecule has 0 bridgehead atoms. The van der Waals surface area contributed by atoms with Gasteiger partial charge in [-0.05, 0) is 6.92 Å². The number of aryl methyl sites for hydroxylation is 1. The molecule has 0 fully saturated rings. The smallest absolute Gasteiger partial charge is 0.260 e. The predicted molar refractivity (Wildman–Crippen MR) is 50.3 cm³/mol. The Bertz CT molecular complexity index is 490.